The lowest BCUT2D eigenvalue weighted by molar-refractivity contribution is 0.263. The summed E-state index contributed by atoms with van der Waals surface area (Å²) in [7, 11) is 1.68. The first-order valence-electron chi connectivity index (χ1n) is 6.99. The Morgan fingerprint density at radius 2 is 2.05 bits per heavy atom. The normalized spacial score (nSPS) is 13.7. The Hall–Kier alpha value is -1.22. The molecule has 0 aliphatic heterocycles. The van der Waals surface area contributed by atoms with Gasteiger partial charge in [-0.1, -0.05) is 20.8 Å². The van der Waals surface area contributed by atoms with Crippen molar-refractivity contribution >= 4 is 22.6 Å². The summed E-state index contributed by atoms with van der Waals surface area (Å²) in [5.74, 6) is 2.46. The van der Waals surface area contributed by atoms with Gasteiger partial charge in [-0.2, -0.15) is 0 Å². The van der Waals surface area contributed by atoms with Gasteiger partial charge in [0.25, 0.3) is 0 Å². The largest absolute Gasteiger partial charge is 0.497 e. The van der Waals surface area contributed by atoms with Crippen molar-refractivity contribution in [3.8, 4) is 5.75 Å². The predicted octanol–water partition coefficient (Wildman–Crippen LogP) is 4.43. The average molecular weight is 295 g/mol. The van der Waals surface area contributed by atoms with Gasteiger partial charge in [-0.15, -0.1) is 11.6 Å². The molecule has 0 saturated heterocycles. The first-order chi connectivity index (χ1) is 9.38. The zero-order valence-electron chi connectivity index (χ0n) is 12.9. The van der Waals surface area contributed by atoms with Gasteiger partial charge >= 0.3 is 0 Å². The van der Waals surface area contributed by atoms with Gasteiger partial charge in [0.15, 0.2) is 0 Å². The molecule has 4 heteroatoms. The molecule has 0 aliphatic rings. The highest BCUT2D eigenvalue weighted by molar-refractivity contribution is 6.17. The van der Waals surface area contributed by atoms with E-state index >= 15 is 0 Å². The van der Waals surface area contributed by atoms with Crippen molar-refractivity contribution in [3.05, 3.63) is 24.0 Å². The molecule has 1 aromatic heterocycles. The SMILES string of the molecule is COc1ccc2c(c1)nc(CCCl)n2C(C)C(C)(C)C. The zero-order chi connectivity index (χ0) is 14.9. The van der Waals surface area contributed by atoms with Crippen LogP contribution in [-0.4, -0.2) is 22.5 Å². The maximum absolute atomic E-state index is 5.94. The molecule has 2 rings (SSSR count). The molecule has 3 nitrogen and oxygen atoms in total. The maximum Gasteiger partial charge on any atom is 0.121 e. The van der Waals surface area contributed by atoms with E-state index in [2.05, 4.69) is 38.3 Å². The van der Waals surface area contributed by atoms with Crippen molar-refractivity contribution in [1.82, 2.24) is 9.55 Å². The third-order valence-electron chi connectivity index (χ3n) is 3.93. The summed E-state index contributed by atoms with van der Waals surface area (Å²) in [6.07, 6.45) is 0.777. The summed E-state index contributed by atoms with van der Waals surface area (Å²) in [5, 5.41) is 0. The van der Waals surface area contributed by atoms with E-state index in [0.717, 1.165) is 29.0 Å². The van der Waals surface area contributed by atoms with Gasteiger partial charge in [0.05, 0.1) is 18.1 Å². The van der Waals surface area contributed by atoms with Gasteiger partial charge in [0, 0.05) is 24.4 Å². The van der Waals surface area contributed by atoms with Crippen LogP contribution in [0.5, 0.6) is 5.75 Å². The number of aryl methyl sites for hydroxylation is 1. The molecule has 0 spiro atoms. The minimum atomic E-state index is 0.161. The Kier molecular flexibility index (Phi) is 4.28. The minimum absolute atomic E-state index is 0.161. The molecule has 0 fully saturated rings. The quantitative estimate of drug-likeness (QED) is 0.780. The predicted molar refractivity (Wildman–Crippen MR) is 84.9 cm³/mol. The van der Waals surface area contributed by atoms with Crippen LogP contribution in [0.25, 0.3) is 11.0 Å². The van der Waals surface area contributed by atoms with E-state index in [-0.39, 0.29) is 5.41 Å². The average Bonchev–Trinajstić information content (AvgIpc) is 2.73. The van der Waals surface area contributed by atoms with E-state index in [0.29, 0.717) is 11.9 Å². The molecule has 0 saturated carbocycles. The fourth-order valence-electron chi connectivity index (χ4n) is 2.34. The van der Waals surface area contributed by atoms with Crippen molar-refractivity contribution in [1.29, 1.82) is 0 Å². The van der Waals surface area contributed by atoms with E-state index in [1.54, 1.807) is 7.11 Å². The third kappa shape index (κ3) is 2.78. The molecule has 110 valence electrons. The number of ether oxygens (including phenoxy) is 1. The Balaban J connectivity index is 2.63. The van der Waals surface area contributed by atoms with Crippen LogP contribution < -0.4 is 4.74 Å². The number of nitrogens with zero attached hydrogens (tertiary/aromatic N) is 2. The van der Waals surface area contributed by atoms with Crippen LogP contribution in [0.2, 0.25) is 0 Å². The summed E-state index contributed by atoms with van der Waals surface area (Å²) >= 11 is 5.94. The second-order valence-corrected chi connectivity index (χ2v) is 6.61. The van der Waals surface area contributed by atoms with Gasteiger partial charge in [0.2, 0.25) is 0 Å². The topological polar surface area (TPSA) is 27.1 Å². The van der Waals surface area contributed by atoms with Crippen molar-refractivity contribution in [2.75, 3.05) is 13.0 Å². The van der Waals surface area contributed by atoms with Crippen molar-refractivity contribution in [2.45, 2.75) is 40.2 Å². The first-order valence-corrected chi connectivity index (χ1v) is 7.52. The fraction of sp³-hybridized carbons (Fsp3) is 0.562. The monoisotopic (exact) mass is 294 g/mol. The van der Waals surface area contributed by atoms with Crippen LogP contribution in [0.15, 0.2) is 18.2 Å². The highest BCUT2D eigenvalue weighted by Crippen LogP contribution is 2.35. The van der Waals surface area contributed by atoms with E-state index in [9.17, 15) is 0 Å². The highest BCUT2D eigenvalue weighted by atomic mass is 35.5. The second-order valence-electron chi connectivity index (χ2n) is 6.23. The number of fused-ring (bicyclic) bond motifs is 1. The summed E-state index contributed by atoms with van der Waals surface area (Å²) in [5.41, 5.74) is 2.28. The number of aromatic nitrogens is 2. The van der Waals surface area contributed by atoms with E-state index in [1.807, 2.05) is 12.1 Å². The molecule has 1 atom stereocenters. The van der Waals surface area contributed by atoms with Crippen LogP contribution in [0.1, 0.15) is 39.6 Å². The smallest absolute Gasteiger partial charge is 0.121 e. The minimum Gasteiger partial charge on any atom is -0.497 e. The molecule has 0 N–H and O–H groups in total. The Labute approximate surface area is 125 Å². The van der Waals surface area contributed by atoms with Crippen LogP contribution in [0.4, 0.5) is 0 Å². The number of rotatable bonds is 4. The molecule has 1 unspecified atom stereocenters. The maximum atomic E-state index is 5.94. The van der Waals surface area contributed by atoms with Gasteiger partial charge in [-0.3, -0.25) is 0 Å². The Morgan fingerprint density at radius 1 is 1.35 bits per heavy atom. The fourth-order valence-corrected chi connectivity index (χ4v) is 2.50. The molecule has 0 radical (unpaired) electrons. The number of halogens is 1. The molecule has 0 aliphatic carbocycles. The van der Waals surface area contributed by atoms with Crippen LogP contribution in [0, 0.1) is 5.41 Å². The molecule has 1 heterocycles. The third-order valence-corrected chi connectivity index (χ3v) is 4.12. The van der Waals surface area contributed by atoms with Crippen LogP contribution in [0.3, 0.4) is 0 Å². The second kappa shape index (κ2) is 5.65. The number of alkyl halides is 1. The zero-order valence-corrected chi connectivity index (χ0v) is 13.7. The molecule has 0 amide bonds. The van der Waals surface area contributed by atoms with E-state index in [4.69, 9.17) is 21.3 Å². The van der Waals surface area contributed by atoms with Gasteiger partial charge in [-0.05, 0) is 24.5 Å². The Bertz CT molecular complexity index is 598. The first kappa shape index (κ1) is 15.2. The number of methoxy groups -OCH3 is 1. The number of hydrogen-bond donors (Lipinski definition) is 0. The lowest BCUT2D eigenvalue weighted by Crippen LogP contribution is -2.23. The van der Waals surface area contributed by atoms with Crippen molar-refractivity contribution < 1.29 is 4.74 Å². The summed E-state index contributed by atoms with van der Waals surface area (Å²) in [4.78, 5) is 4.74. The molecule has 0 bridgehead atoms. The van der Waals surface area contributed by atoms with E-state index in [1.165, 1.54) is 0 Å². The summed E-state index contributed by atoms with van der Waals surface area (Å²) in [6, 6.07) is 6.40. The lowest BCUT2D eigenvalue weighted by Gasteiger charge is -2.30. The standard InChI is InChI=1S/C16H23ClN2O/c1-11(16(2,3)4)19-14-7-6-12(20-5)10-13(14)18-15(19)8-9-17/h6-7,10-11H,8-9H2,1-5H3. The molecule has 2 aromatic rings. The number of imidazole rings is 1. The molecular formula is C16H23ClN2O. The molecule has 20 heavy (non-hydrogen) atoms. The van der Waals surface area contributed by atoms with Gasteiger partial charge in [0.1, 0.15) is 11.6 Å². The lowest BCUT2D eigenvalue weighted by atomic mass is 9.87. The summed E-state index contributed by atoms with van der Waals surface area (Å²) < 4.78 is 7.60. The van der Waals surface area contributed by atoms with Crippen molar-refractivity contribution in [3.63, 3.8) is 0 Å². The molecule has 1 aromatic carbocycles. The van der Waals surface area contributed by atoms with Crippen LogP contribution in [-0.2, 0) is 6.42 Å². The van der Waals surface area contributed by atoms with Gasteiger partial charge in [-0.25, -0.2) is 4.98 Å². The highest BCUT2D eigenvalue weighted by Gasteiger charge is 2.25. The van der Waals surface area contributed by atoms with E-state index < -0.39 is 0 Å². The number of benzene rings is 1. The summed E-state index contributed by atoms with van der Waals surface area (Å²) in [6.45, 7) is 8.98. The Morgan fingerprint density at radius 3 is 2.60 bits per heavy atom. The van der Waals surface area contributed by atoms with Crippen LogP contribution >= 0.6 is 11.6 Å². The molecular weight excluding hydrogens is 272 g/mol. The van der Waals surface area contributed by atoms with Gasteiger partial charge < -0.3 is 9.30 Å². The number of hydrogen-bond acceptors (Lipinski definition) is 2. The van der Waals surface area contributed by atoms with Crippen molar-refractivity contribution in [2.24, 2.45) is 5.41 Å².